The van der Waals surface area contributed by atoms with Gasteiger partial charge in [-0.25, -0.2) is 0 Å². The smallest absolute Gasteiger partial charge is 0.274 e. The summed E-state index contributed by atoms with van der Waals surface area (Å²) < 4.78 is 0. The van der Waals surface area contributed by atoms with Crippen LogP contribution in [0.1, 0.15) is 56.1 Å². The van der Waals surface area contributed by atoms with E-state index in [1.807, 2.05) is 62.4 Å². The van der Waals surface area contributed by atoms with Crippen molar-refractivity contribution in [1.29, 1.82) is 0 Å². The highest BCUT2D eigenvalue weighted by molar-refractivity contribution is 6.05. The number of aliphatic hydroxyl groups excluding tert-OH is 2. The molecule has 2 heterocycles. The monoisotopic (exact) mass is 567 g/mol. The number of hydrogen-bond acceptors (Lipinski definition) is 7. The molecule has 5 N–H and O–H groups in total. The van der Waals surface area contributed by atoms with Gasteiger partial charge in [-0.1, -0.05) is 36.4 Å². The van der Waals surface area contributed by atoms with Gasteiger partial charge in [0.15, 0.2) is 0 Å². The summed E-state index contributed by atoms with van der Waals surface area (Å²) in [7, 11) is 0. The molecule has 0 spiro atoms. The van der Waals surface area contributed by atoms with E-state index in [4.69, 9.17) is 10.2 Å². The lowest BCUT2D eigenvalue weighted by Gasteiger charge is -2.17. The average molecular weight is 568 g/mol. The molecule has 2 amide bonds. The van der Waals surface area contributed by atoms with Crippen LogP contribution < -0.4 is 16.0 Å². The second-order valence-electron chi connectivity index (χ2n) is 10.0. The zero-order valence-corrected chi connectivity index (χ0v) is 24.0. The number of carbonyl (C=O) groups is 2. The number of pyridine rings is 2. The van der Waals surface area contributed by atoms with E-state index in [9.17, 15) is 9.59 Å². The molecule has 4 rings (SSSR count). The molecule has 0 fully saturated rings. The van der Waals surface area contributed by atoms with Crippen LogP contribution in [0.4, 0.5) is 11.4 Å². The summed E-state index contributed by atoms with van der Waals surface area (Å²) in [5, 5.41) is 26.9. The molecule has 2 aromatic carbocycles. The number of aliphatic hydroxyl groups is 2. The molecule has 0 radical (unpaired) electrons. The van der Waals surface area contributed by atoms with Crippen LogP contribution in [0.15, 0.2) is 73.1 Å². The molecule has 4 aromatic rings. The molecule has 42 heavy (non-hydrogen) atoms. The van der Waals surface area contributed by atoms with E-state index in [0.717, 1.165) is 52.6 Å². The Morgan fingerprint density at radius 3 is 1.71 bits per heavy atom. The van der Waals surface area contributed by atoms with Gasteiger partial charge in [-0.2, -0.15) is 0 Å². The number of aryl methyl sites for hydroxylation is 1. The average Bonchev–Trinajstić information content (AvgIpc) is 3.00. The molecular formula is C33H37N5O4. The lowest BCUT2D eigenvalue weighted by atomic mass is 9.94. The van der Waals surface area contributed by atoms with E-state index in [2.05, 4.69) is 25.9 Å². The van der Waals surface area contributed by atoms with Gasteiger partial charge >= 0.3 is 0 Å². The standard InChI is InChI=1S/C33H37N5O4/c1-22-26(8-5-10-28(22)37-32(41)30-14-12-24(20-35-30)7-3-4-17-39)27-9-6-11-29(23(27)2)38-33(42)31-15-13-25(21-36-31)19-34-16-18-40/h5-6,8-15,20-21,34,39-40H,3-4,7,16-19H2,1-2H3,(H,37,41)(H,38,42). The summed E-state index contributed by atoms with van der Waals surface area (Å²) in [5.74, 6) is -0.604. The largest absolute Gasteiger partial charge is 0.396 e. The van der Waals surface area contributed by atoms with Gasteiger partial charge in [0.2, 0.25) is 0 Å². The fraction of sp³-hybridized carbons (Fsp3) is 0.273. The van der Waals surface area contributed by atoms with Crippen molar-refractivity contribution < 1.29 is 19.8 Å². The van der Waals surface area contributed by atoms with Gasteiger partial charge in [0.25, 0.3) is 11.8 Å². The summed E-state index contributed by atoms with van der Waals surface area (Å²) in [6.07, 6.45) is 5.77. The fourth-order valence-electron chi connectivity index (χ4n) is 4.62. The third kappa shape index (κ3) is 7.85. The Balaban J connectivity index is 1.47. The minimum Gasteiger partial charge on any atom is -0.396 e. The Bertz CT molecular complexity index is 1390. The zero-order chi connectivity index (χ0) is 29.9. The molecule has 0 aliphatic rings. The van der Waals surface area contributed by atoms with Crippen LogP contribution in [-0.4, -0.2) is 51.8 Å². The van der Waals surface area contributed by atoms with Crippen LogP contribution in [0, 0.1) is 13.8 Å². The number of unbranched alkanes of at least 4 members (excludes halogenated alkanes) is 1. The van der Waals surface area contributed by atoms with Crippen molar-refractivity contribution in [3.05, 3.63) is 107 Å². The summed E-state index contributed by atoms with van der Waals surface area (Å²) >= 11 is 0. The molecule has 0 saturated heterocycles. The highest BCUT2D eigenvalue weighted by Crippen LogP contribution is 2.34. The predicted molar refractivity (Wildman–Crippen MR) is 165 cm³/mol. The van der Waals surface area contributed by atoms with Crippen molar-refractivity contribution >= 4 is 23.2 Å². The number of nitrogens with one attached hydrogen (secondary N) is 3. The molecule has 0 saturated carbocycles. The van der Waals surface area contributed by atoms with Crippen molar-refractivity contribution in [1.82, 2.24) is 15.3 Å². The summed E-state index contributed by atoms with van der Waals surface area (Å²) in [4.78, 5) is 34.6. The van der Waals surface area contributed by atoms with Crippen LogP contribution in [0.2, 0.25) is 0 Å². The first kappa shape index (κ1) is 30.5. The lowest BCUT2D eigenvalue weighted by molar-refractivity contribution is 0.101. The minimum absolute atomic E-state index is 0.0599. The SMILES string of the molecule is Cc1c(NC(=O)c2ccc(CCCCO)cn2)cccc1-c1cccc(NC(=O)c2ccc(CNCCO)cn2)c1C. The van der Waals surface area contributed by atoms with Crippen LogP contribution >= 0.6 is 0 Å². The second-order valence-corrected chi connectivity index (χ2v) is 10.0. The van der Waals surface area contributed by atoms with Gasteiger partial charge < -0.3 is 26.2 Å². The number of rotatable bonds is 13. The first-order chi connectivity index (χ1) is 20.4. The van der Waals surface area contributed by atoms with E-state index < -0.39 is 0 Å². The van der Waals surface area contributed by atoms with Crippen molar-refractivity contribution in [3.63, 3.8) is 0 Å². The van der Waals surface area contributed by atoms with Gasteiger partial charge in [-0.15, -0.1) is 0 Å². The highest BCUT2D eigenvalue weighted by atomic mass is 16.3. The number of carbonyl (C=O) groups excluding carboxylic acids is 2. The molecule has 0 atom stereocenters. The molecule has 0 aliphatic carbocycles. The van der Waals surface area contributed by atoms with Crippen molar-refractivity contribution in [2.45, 2.75) is 39.7 Å². The van der Waals surface area contributed by atoms with Gasteiger partial charge in [0.1, 0.15) is 11.4 Å². The Kier molecular flexibility index (Phi) is 10.9. The van der Waals surface area contributed by atoms with Crippen LogP contribution in [-0.2, 0) is 13.0 Å². The third-order valence-electron chi connectivity index (χ3n) is 7.06. The molecule has 9 nitrogen and oxygen atoms in total. The van der Waals surface area contributed by atoms with E-state index in [-0.39, 0.29) is 25.0 Å². The summed E-state index contributed by atoms with van der Waals surface area (Å²) in [6.45, 7) is 5.18. The van der Waals surface area contributed by atoms with E-state index >= 15 is 0 Å². The summed E-state index contributed by atoms with van der Waals surface area (Å²) in [5.41, 5.74) is 7.58. The van der Waals surface area contributed by atoms with Crippen LogP contribution in [0.25, 0.3) is 11.1 Å². The number of nitrogens with zero attached hydrogens (tertiary/aromatic N) is 2. The second kappa shape index (κ2) is 15.0. The van der Waals surface area contributed by atoms with Crippen molar-refractivity contribution in [2.75, 3.05) is 30.4 Å². The topological polar surface area (TPSA) is 136 Å². The first-order valence-electron chi connectivity index (χ1n) is 14.1. The number of benzene rings is 2. The number of aromatic nitrogens is 2. The van der Waals surface area contributed by atoms with Crippen molar-refractivity contribution in [3.8, 4) is 11.1 Å². The number of hydrogen-bond donors (Lipinski definition) is 5. The Labute approximate surface area is 246 Å². The van der Waals surface area contributed by atoms with Crippen LogP contribution in [0.3, 0.4) is 0 Å². The lowest BCUT2D eigenvalue weighted by Crippen LogP contribution is -2.18. The van der Waals surface area contributed by atoms with Gasteiger partial charge in [0, 0.05) is 43.5 Å². The number of amides is 2. The van der Waals surface area contributed by atoms with Crippen molar-refractivity contribution in [2.24, 2.45) is 0 Å². The molecule has 9 heteroatoms. The molecule has 0 unspecified atom stereocenters. The fourth-order valence-corrected chi connectivity index (χ4v) is 4.62. The maximum atomic E-state index is 13.0. The van der Waals surface area contributed by atoms with E-state index in [1.165, 1.54) is 0 Å². The molecule has 0 bridgehead atoms. The molecule has 2 aromatic heterocycles. The maximum absolute atomic E-state index is 13.0. The molecular weight excluding hydrogens is 530 g/mol. The maximum Gasteiger partial charge on any atom is 0.274 e. The van der Waals surface area contributed by atoms with E-state index in [1.54, 1.807) is 24.5 Å². The highest BCUT2D eigenvalue weighted by Gasteiger charge is 2.16. The molecule has 0 aliphatic heterocycles. The quantitative estimate of drug-likeness (QED) is 0.148. The van der Waals surface area contributed by atoms with Gasteiger partial charge in [0.05, 0.1) is 6.61 Å². The number of anilines is 2. The van der Waals surface area contributed by atoms with Gasteiger partial charge in [-0.3, -0.25) is 19.6 Å². The van der Waals surface area contributed by atoms with Crippen LogP contribution in [0.5, 0.6) is 0 Å². The predicted octanol–water partition coefficient (Wildman–Crippen LogP) is 4.66. The third-order valence-corrected chi connectivity index (χ3v) is 7.06. The normalized spacial score (nSPS) is 10.9. The summed E-state index contributed by atoms with van der Waals surface area (Å²) in [6, 6.07) is 18.6. The van der Waals surface area contributed by atoms with E-state index in [0.29, 0.717) is 35.9 Å². The first-order valence-corrected chi connectivity index (χ1v) is 14.1. The zero-order valence-electron chi connectivity index (χ0n) is 24.0. The minimum atomic E-state index is -0.310. The Morgan fingerprint density at radius 1 is 0.690 bits per heavy atom. The Morgan fingerprint density at radius 2 is 1.24 bits per heavy atom. The Hall–Kier alpha value is -4.44. The van der Waals surface area contributed by atoms with Gasteiger partial charge in [-0.05, 0) is 90.8 Å². The molecule has 218 valence electrons.